The molecular weight excluding hydrogens is 400 g/mol. The SMILES string of the molecule is COc1ccc([C@@H](CNC(=O)Cc2c(C)nn(-c3ccccc3)c2C)N2CCCC2)cc1. The molecule has 0 spiro atoms. The molecule has 1 aliphatic heterocycles. The first kappa shape index (κ1) is 22.1. The Morgan fingerprint density at radius 3 is 2.41 bits per heavy atom. The van der Waals surface area contributed by atoms with Crippen LogP contribution >= 0.6 is 0 Å². The van der Waals surface area contributed by atoms with Crippen LogP contribution in [0.3, 0.4) is 0 Å². The molecule has 2 heterocycles. The lowest BCUT2D eigenvalue weighted by atomic mass is 10.0. The van der Waals surface area contributed by atoms with E-state index in [0.717, 1.165) is 41.5 Å². The fourth-order valence-electron chi connectivity index (χ4n) is 4.52. The molecule has 168 valence electrons. The number of hydrogen-bond acceptors (Lipinski definition) is 4. The highest BCUT2D eigenvalue weighted by Gasteiger charge is 2.24. The molecule has 0 unspecified atom stereocenters. The molecule has 1 saturated heterocycles. The van der Waals surface area contributed by atoms with Crippen LogP contribution < -0.4 is 10.1 Å². The lowest BCUT2D eigenvalue weighted by molar-refractivity contribution is -0.120. The van der Waals surface area contributed by atoms with Crippen molar-refractivity contribution in [3.63, 3.8) is 0 Å². The van der Waals surface area contributed by atoms with Gasteiger partial charge in [0.2, 0.25) is 5.91 Å². The van der Waals surface area contributed by atoms with E-state index < -0.39 is 0 Å². The minimum atomic E-state index is 0.0292. The number of likely N-dealkylation sites (tertiary alicyclic amines) is 1. The number of hydrogen-bond donors (Lipinski definition) is 1. The van der Waals surface area contributed by atoms with E-state index in [-0.39, 0.29) is 11.9 Å². The number of rotatable bonds is 8. The Kier molecular flexibility index (Phi) is 6.90. The van der Waals surface area contributed by atoms with Gasteiger partial charge in [0.1, 0.15) is 5.75 Å². The van der Waals surface area contributed by atoms with Gasteiger partial charge in [0.25, 0.3) is 0 Å². The van der Waals surface area contributed by atoms with E-state index in [4.69, 9.17) is 4.74 Å². The Morgan fingerprint density at radius 2 is 1.75 bits per heavy atom. The van der Waals surface area contributed by atoms with Gasteiger partial charge in [-0.05, 0) is 69.6 Å². The second kappa shape index (κ2) is 10.0. The molecule has 0 aliphatic carbocycles. The van der Waals surface area contributed by atoms with E-state index in [1.165, 1.54) is 18.4 Å². The highest BCUT2D eigenvalue weighted by molar-refractivity contribution is 5.79. The number of ether oxygens (including phenoxy) is 1. The number of aryl methyl sites for hydroxylation is 1. The minimum absolute atomic E-state index is 0.0292. The number of para-hydroxylation sites is 1. The lowest BCUT2D eigenvalue weighted by Crippen LogP contribution is -2.37. The first-order valence-corrected chi connectivity index (χ1v) is 11.3. The second-order valence-electron chi connectivity index (χ2n) is 8.41. The molecule has 6 nitrogen and oxygen atoms in total. The third kappa shape index (κ3) is 4.86. The first-order valence-electron chi connectivity index (χ1n) is 11.3. The van der Waals surface area contributed by atoms with Crippen LogP contribution in [0.2, 0.25) is 0 Å². The van der Waals surface area contributed by atoms with Gasteiger partial charge in [-0.3, -0.25) is 9.69 Å². The quantitative estimate of drug-likeness (QED) is 0.585. The molecule has 1 aromatic heterocycles. The summed E-state index contributed by atoms with van der Waals surface area (Å²) in [6.45, 7) is 6.72. The summed E-state index contributed by atoms with van der Waals surface area (Å²) in [6.07, 6.45) is 2.75. The first-order chi connectivity index (χ1) is 15.6. The van der Waals surface area contributed by atoms with Gasteiger partial charge in [0, 0.05) is 17.8 Å². The van der Waals surface area contributed by atoms with Crippen LogP contribution in [0.1, 0.15) is 41.4 Å². The highest BCUT2D eigenvalue weighted by Crippen LogP contribution is 2.26. The van der Waals surface area contributed by atoms with Crippen LogP contribution in [0.25, 0.3) is 5.69 Å². The van der Waals surface area contributed by atoms with E-state index >= 15 is 0 Å². The molecule has 3 aromatic rings. The van der Waals surface area contributed by atoms with Crippen molar-refractivity contribution < 1.29 is 9.53 Å². The molecule has 1 N–H and O–H groups in total. The lowest BCUT2D eigenvalue weighted by Gasteiger charge is -2.28. The van der Waals surface area contributed by atoms with Crippen LogP contribution in [0, 0.1) is 13.8 Å². The van der Waals surface area contributed by atoms with E-state index in [0.29, 0.717) is 13.0 Å². The van der Waals surface area contributed by atoms with Crippen molar-refractivity contribution in [2.45, 2.75) is 39.2 Å². The van der Waals surface area contributed by atoms with Crippen molar-refractivity contribution in [2.24, 2.45) is 0 Å². The standard InChI is InChI=1S/C26H32N4O2/c1-19-24(20(2)30(28-19)22-9-5-4-6-10-22)17-26(31)27-18-25(29-15-7-8-16-29)21-11-13-23(32-3)14-12-21/h4-6,9-14,25H,7-8,15-18H2,1-3H3,(H,27,31)/t25-/m1/s1. The van der Waals surface area contributed by atoms with Gasteiger partial charge in [-0.25, -0.2) is 4.68 Å². The van der Waals surface area contributed by atoms with E-state index in [9.17, 15) is 4.79 Å². The Labute approximate surface area is 190 Å². The van der Waals surface area contributed by atoms with Gasteiger partial charge in [-0.15, -0.1) is 0 Å². The Bertz CT molecular complexity index is 1040. The number of carbonyl (C=O) groups is 1. The maximum absolute atomic E-state index is 12.9. The monoisotopic (exact) mass is 432 g/mol. The van der Waals surface area contributed by atoms with Crippen LogP contribution in [0.4, 0.5) is 0 Å². The normalized spacial score (nSPS) is 15.0. The zero-order valence-corrected chi connectivity index (χ0v) is 19.2. The number of methoxy groups -OCH3 is 1. The molecule has 6 heteroatoms. The minimum Gasteiger partial charge on any atom is -0.497 e. The summed E-state index contributed by atoms with van der Waals surface area (Å²) in [6, 6.07) is 18.4. The van der Waals surface area contributed by atoms with Gasteiger partial charge in [-0.1, -0.05) is 30.3 Å². The molecule has 32 heavy (non-hydrogen) atoms. The summed E-state index contributed by atoms with van der Waals surface area (Å²) in [7, 11) is 1.68. The van der Waals surface area contributed by atoms with Crippen molar-refractivity contribution in [3.8, 4) is 11.4 Å². The van der Waals surface area contributed by atoms with Crippen LogP contribution in [-0.2, 0) is 11.2 Å². The largest absolute Gasteiger partial charge is 0.497 e. The summed E-state index contributed by atoms with van der Waals surface area (Å²) in [4.78, 5) is 15.4. The average molecular weight is 433 g/mol. The topological polar surface area (TPSA) is 59.4 Å². The molecule has 1 fully saturated rings. The summed E-state index contributed by atoms with van der Waals surface area (Å²) in [5, 5.41) is 7.86. The van der Waals surface area contributed by atoms with Gasteiger partial charge in [0.05, 0.1) is 31.0 Å². The Hall–Kier alpha value is -3.12. The van der Waals surface area contributed by atoms with Gasteiger partial charge in [-0.2, -0.15) is 5.10 Å². The molecular formula is C26H32N4O2. The summed E-state index contributed by atoms with van der Waals surface area (Å²) >= 11 is 0. The summed E-state index contributed by atoms with van der Waals surface area (Å²) in [5.74, 6) is 0.876. The Balaban J connectivity index is 1.45. The van der Waals surface area contributed by atoms with E-state index in [1.807, 2.05) is 61.0 Å². The predicted octanol–water partition coefficient (Wildman–Crippen LogP) is 3.99. The van der Waals surface area contributed by atoms with Gasteiger partial charge < -0.3 is 10.1 Å². The highest BCUT2D eigenvalue weighted by atomic mass is 16.5. The number of benzene rings is 2. The number of carbonyl (C=O) groups excluding carboxylic acids is 1. The fourth-order valence-corrected chi connectivity index (χ4v) is 4.52. The molecule has 0 bridgehead atoms. The number of nitrogens with zero attached hydrogens (tertiary/aromatic N) is 3. The number of nitrogens with one attached hydrogen (secondary N) is 1. The summed E-state index contributed by atoms with van der Waals surface area (Å²) in [5.41, 5.74) is 5.11. The predicted molar refractivity (Wildman–Crippen MR) is 126 cm³/mol. The molecule has 0 saturated carbocycles. The van der Waals surface area contributed by atoms with Gasteiger partial charge >= 0.3 is 0 Å². The van der Waals surface area contributed by atoms with Crippen LogP contribution in [0.15, 0.2) is 54.6 Å². The van der Waals surface area contributed by atoms with E-state index in [2.05, 4.69) is 27.4 Å². The fraction of sp³-hybridized carbons (Fsp3) is 0.385. The van der Waals surface area contributed by atoms with E-state index in [1.54, 1.807) is 7.11 Å². The third-order valence-electron chi connectivity index (χ3n) is 6.35. The van der Waals surface area contributed by atoms with Crippen molar-refractivity contribution >= 4 is 5.91 Å². The van der Waals surface area contributed by atoms with Crippen molar-refractivity contribution in [3.05, 3.63) is 77.1 Å². The van der Waals surface area contributed by atoms with Gasteiger partial charge in [0.15, 0.2) is 0 Å². The van der Waals surface area contributed by atoms with Crippen molar-refractivity contribution in [2.75, 3.05) is 26.7 Å². The molecule has 0 radical (unpaired) electrons. The molecule has 4 rings (SSSR count). The zero-order chi connectivity index (χ0) is 22.5. The average Bonchev–Trinajstić information content (AvgIpc) is 3.45. The summed E-state index contributed by atoms with van der Waals surface area (Å²) < 4.78 is 7.22. The second-order valence-corrected chi connectivity index (χ2v) is 8.41. The number of aromatic nitrogens is 2. The maximum atomic E-state index is 12.9. The third-order valence-corrected chi connectivity index (χ3v) is 6.35. The van der Waals surface area contributed by atoms with Crippen LogP contribution in [0.5, 0.6) is 5.75 Å². The maximum Gasteiger partial charge on any atom is 0.224 e. The molecule has 1 aliphatic rings. The molecule has 1 atom stereocenters. The molecule has 1 amide bonds. The van der Waals surface area contributed by atoms with Crippen molar-refractivity contribution in [1.82, 2.24) is 20.0 Å². The van der Waals surface area contributed by atoms with Crippen LogP contribution in [-0.4, -0.2) is 47.3 Å². The molecule has 2 aromatic carbocycles. The van der Waals surface area contributed by atoms with Crippen molar-refractivity contribution in [1.29, 1.82) is 0 Å². The Morgan fingerprint density at radius 1 is 1.06 bits per heavy atom. The smallest absolute Gasteiger partial charge is 0.224 e. The zero-order valence-electron chi connectivity index (χ0n) is 19.2. The number of amides is 1.